The standard InChI is InChI=1S/C25H28F2N2OS.C4H10/c1-4-9-17(10-5-2)24-29-22(16-31-24)23(30)28-21-14-7-6-13-20(21)18-11-8-12-19(15-18)25(3,26)27;1-3-4-2/h6-8,11-17H,4-5,9-10H2,1-3H3,(H,28,30);3-4H2,1-2H3. The van der Waals surface area contributed by atoms with Gasteiger partial charge in [0.15, 0.2) is 0 Å². The number of para-hydroxylation sites is 1. The van der Waals surface area contributed by atoms with Gasteiger partial charge in [-0.1, -0.05) is 89.8 Å². The minimum Gasteiger partial charge on any atom is -0.320 e. The van der Waals surface area contributed by atoms with E-state index in [0.717, 1.165) is 37.6 Å². The molecule has 0 radical (unpaired) electrons. The molecular weight excluding hydrogens is 462 g/mol. The summed E-state index contributed by atoms with van der Waals surface area (Å²) < 4.78 is 27.6. The highest BCUT2D eigenvalue weighted by Gasteiger charge is 2.25. The summed E-state index contributed by atoms with van der Waals surface area (Å²) in [5.41, 5.74) is 2.21. The maximum absolute atomic E-state index is 13.8. The number of benzene rings is 2. The molecular formula is C29H38F2N2OS. The van der Waals surface area contributed by atoms with Crippen molar-refractivity contribution in [2.24, 2.45) is 0 Å². The molecule has 0 aliphatic heterocycles. The van der Waals surface area contributed by atoms with Crippen molar-refractivity contribution in [1.29, 1.82) is 0 Å². The van der Waals surface area contributed by atoms with Gasteiger partial charge < -0.3 is 5.32 Å². The molecule has 2 aromatic carbocycles. The van der Waals surface area contributed by atoms with E-state index in [1.807, 2.05) is 18.2 Å². The summed E-state index contributed by atoms with van der Waals surface area (Å²) in [6.07, 6.45) is 6.91. The van der Waals surface area contributed by atoms with Gasteiger partial charge in [0, 0.05) is 35.0 Å². The number of amides is 1. The van der Waals surface area contributed by atoms with E-state index in [2.05, 4.69) is 38.0 Å². The molecule has 35 heavy (non-hydrogen) atoms. The third kappa shape index (κ3) is 8.53. The number of alkyl halides is 2. The largest absolute Gasteiger partial charge is 0.320 e. The zero-order valence-corrected chi connectivity index (χ0v) is 22.4. The first-order valence-corrected chi connectivity index (χ1v) is 13.5. The highest BCUT2D eigenvalue weighted by molar-refractivity contribution is 7.10. The molecule has 3 aromatic rings. The lowest BCUT2D eigenvalue weighted by Crippen LogP contribution is -2.13. The Balaban J connectivity index is 0.00000100. The second kappa shape index (κ2) is 14.1. The zero-order valence-electron chi connectivity index (χ0n) is 21.5. The molecule has 1 aromatic heterocycles. The number of halogens is 2. The van der Waals surface area contributed by atoms with E-state index >= 15 is 0 Å². The Labute approximate surface area is 213 Å². The maximum atomic E-state index is 13.8. The fourth-order valence-electron chi connectivity index (χ4n) is 3.66. The third-order valence-corrected chi connectivity index (χ3v) is 6.74. The first-order chi connectivity index (χ1) is 16.7. The van der Waals surface area contributed by atoms with Crippen LogP contribution in [-0.2, 0) is 5.92 Å². The van der Waals surface area contributed by atoms with Gasteiger partial charge in [0.1, 0.15) is 5.69 Å². The van der Waals surface area contributed by atoms with Crippen molar-refractivity contribution in [2.45, 2.75) is 85.0 Å². The average molecular weight is 501 g/mol. The zero-order chi connectivity index (χ0) is 25.8. The molecule has 0 atom stereocenters. The summed E-state index contributed by atoms with van der Waals surface area (Å²) in [6.45, 7) is 9.55. The van der Waals surface area contributed by atoms with E-state index in [1.165, 1.54) is 36.3 Å². The molecule has 1 N–H and O–H groups in total. The predicted molar refractivity (Wildman–Crippen MR) is 145 cm³/mol. The van der Waals surface area contributed by atoms with Crippen molar-refractivity contribution in [3.63, 3.8) is 0 Å². The summed E-state index contributed by atoms with van der Waals surface area (Å²) in [5.74, 6) is -2.84. The maximum Gasteiger partial charge on any atom is 0.275 e. The summed E-state index contributed by atoms with van der Waals surface area (Å²) >= 11 is 1.53. The van der Waals surface area contributed by atoms with Crippen LogP contribution < -0.4 is 5.32 Å². The van der Waals surface area contributed by atoms with E-state index in [4.69, 9.17) is 0 Å². The monoisotopic (exact) mass is 500 g/mol. The minimum atomic E-state index is -2.93. The van der Waals surface area contributed by atoms with Crippen molar-refractivity contribution in [3.05, 3.63) is 70.2 Å². The molecule has 190 valence electrons. The van der Waals surface area contributed by atoms with Gasteiger partial charge in [-0.15, -0.1) is 11.3 Å². The van der Waals surface area contributed by atoms with Crippen molar-refractivity contribution < 1.29 is 13.6 Å². The second-order valence-corrected chi connectivity index (χ2v) is 9.70. The Morgan fingerprint density at radius 3 is 2.23 bits per heavy atom. The smallest absolute Gasteiger partial charge is 0.275 e. The molecule has 3 nitrogen and oxygen atoms in total. The van der Waals surface area contributed by atoms with Gasteiger partial charge in [-0.05, 0) is 30.5 Å². The fraction of sp³-hybridized carbons (Fsp3) is 0.448. The third-order valence-electron chi connectivity index (χ3n) is 5.73. The van der Waals surface area contributed by atoms with E-state index in [-0.39, 0.29) is 11.5 Å². The first kappa shape index (κ1) is 28.6. The molecule has 3 rings (SSSR count). The van der Waals surface area contributed by atoms with Gasteiger partial charge in [0.2, 0.25) is 0 Å². The average Bonchev–Trinajstić information content (AvgIpc) is 3.34. The van der Waals surface area contributed by atoms with Crippen LogP contribution in [0.5, 0.6) is 0 Å². The lowest BCUT2D eigenvalue weighted by Gasteiger charge is -2.14. The summed E-state index contributed by atoms with van der Waals surface area (Å²) in [7, 11) is 0. The molecule has 0 fully saturated rings. The number of nitrogens with one attached hydrogen (secondary N) is 1. The Bertz CT molecular complexity index is 1050. The number of thiazole rings is 1. The van der Waals surface area contributed by atoms with E-state index in [0.29, 0.717) is 28.4 Å². The van der Waals surface area contributed by atoms with Crippen molar-refractivity contribution in [2.75, 3.05) is 5.32 Å². The quantitative estimate of drug-likeness (QED) is 0.301. The van der Waals surface area contributed by atoms with E-state index in [9.17, 15) is 13.6 Å². The van der Waals surface area contributed by atoms with Crippen LogP contribution in [0.4, 0.5) is 14.5 Å². The van der Waals surface area contributed by atoms with Crippen LogP contribution in [0.15, 0.2) is 53.9 Å². The number of aromatic nitrogens is 1. The summed E-state index contributed by atoms with van der Waals surface area (Å²) in [5, 5.41) is 5.71. The van der Waals surface area contributed by atoms with Gasteiger partial charge in [0.05, 0.1) is 5.01 Å². The molecule has 1 amide bonds. The minimum absolute atomic E-state index is 0.0619. The van der Waals surface area contributed by atoms with Crippen molar-refractivity contribution >= 4 is 22.9 Å². The lowest BCUT2D eigenvalue weighted by molar-refractivity contribution is 0.0175. The molecule has 0 spiro atoms. The summed E-state index contributed by atoms with van der Waals surface area (Å²) in [4.78, 5) is 17.5. The van der Waals surface area contributed by atoms with Gasteiger partial charge >= 0.3 is 0 Å². The molecule has 0 aliphatic carbocycles. The number of hydrogen-bond donors (Lipinski definition) is 1. The topological polar surface area (TPSA) is 42.0 Å². The number of unbranched alkanes of at least 4 members (excludes halogenated alkanes) is 1. The van der Waals surface area contributed by atoms with Crippen LogP contribution in [-0.4, -0.2) is 10.9 Å². The Kier molecular flexibility index (Phi) is 11.5. The number of hydrogen-bond acceptors (Lipinski definition) is 3. The van der Waals surface area contributed by atoms with Gasteiger partial charge in [-0.3, -0.25) is 4.79 Å². The lowest BCUT2D eigenvalue weighted by atomic mass is 9.99. The number of carbonyl (C=O) groups is 1. The Morgan fingerprint density at radius 1 is 0.971 bits per heavy atom. The predicted octanol–water partition coefficient (Wildman–Crippen LogP) is 9.66. The number of anilines is 1. The number of carbonyl (C=O) groups excluding carboxylic acids is 1. The van der Waals surface area contributed by atoms with Crippen LogP contribution in [0.3, 0.4) is 0 Å². The summed E-state index contributed by atoms with van der Waals surface area (Å²) in [6, 6.07) is 13.5. The first-order valence-electron chi connectivity index (χ1n) is 12.6. The van der Waals surface area contributed by atoms with Crippen LogP contribution in [0, 0.1) is 0 Å². The SMILES string of the molecule is CCCC.CCCC(CCC)c1nc(C(=O)Nc2ccccc2-c2cccc(C(C)(F)F)c2)cs1. The Hall–Kier alpha value is -2.60. The Morgan fingerprint density at radius 2 is 1.63 bits per heavy atom. The van der Waals surface area contributed by atoms with E-state index < -0.39 is 5.92 Å². The normalized spacial score (nSPS) is 11.2. The van der Waals surface area contributed by atoms with Crippen LogP contribution in [0.1, 0.15) is 100 Å². The molecule has 6 heteroatoms. The highest BCUT2D eigenvalue weighted by atomic mass is 32.1. The van der Waals surface area contributed by atoms with E-state index in [1.54, 1.807) is 23.6 Å². The van der Waals surface area contributed by atoms with Gasteiger partial charge in [-0.2, -0.15) is 0 Å². The van der Waals surface area contributed by atoms with Crippen molar-refractivity contribution in [3.8, 4) is 11.1 Å². The van der Waals surface area contributed by atoms with Crippen LogP contribution >= 0.6 is 11.3 Å². The second-order valence-electron chi connectivity index (χ2n) is 8.81. The molecule has 1 heterocycles. The van der Waals surface area contributed by atoms with Crippen LogP contribution in [0.2, 0.25) is 0 Å². The number of rotatable bonds is 10. The molecule has 0 aliphatic rings. The molecule has 0 saturated heterocycles. The van der Waals surface area contributed by atoms with Gasteiger partial charge in [0.25, 0.3) is 11.8 Å². The van der Waals surface area contributed by atoms with Crippen LogP contribution in [0.25, 0.3) is 11.1 Å². The molecule has 0 bridgehead atoms. The van der Waals surface area contributed by atoms with Crippen molar-refractivity contribution in [1.82, 2.24) is 4.98 Å². The fourth-order valence-corrected chi connectivity index (χ4v) is 4.63. The highest BCUT2D eigenvalue weighted by Crippen LogP contribution is 2.34. The molecule has 0 unspecified atom stereocenters. The van der Waals surface area contributed by atoms with Gasteiger partial charge in [-0.25, -0.2) is 13.8 Å². The number of nitrogens with zero attached hydrogens (tertiary/aromatic N) is 1. The molecule has 0 saturated carbocycles.